The maximum Gasteiger partial charge on any atom is 0.229 e. The average Bonchev–Trinajstić information content (AvgIpc) is 2.78. The molecular formula is C14H28N2O. The summed E-state index contributed by atoms with van der Waals surface area (Å²) in [5.41, 5.74) is 5.50. The van der Waals surface area contributed by atoms with Gasteiger partial charge in [0.05, 0.1) is 0 Å². The van der Waals surface area contributed by atoms with Gasteiger partial charge in [-0.2, -0.15) is 0 Å². The molecule has 0 bridgehead atoms. The highest BCUT2D eigenvalue weighted by molar-refractivity contribution is 5.83. The Kier molecular flexibility index (Phi) is 5.44. The van der Waals surface area contributed by atoms with Crippen LogP contribution in [0, 0.1) is 5.41 Å². The number of rotatable bonds is 6. The number of nitrogens with zero attached hydrogens (tertiary/aromatic N) is 1. The summed E-state index contributed by atoms with van der Waals surface area (Å²) in [6, 6.07) is 0.290. The second-order valence-electron chi connectivity index (χ2n) is 5.58. The maximum absolute atomic E-state index is 12.7. The maximum atomic E-state index is 12.7. The van der Waals surface area contributed by atoms with Crippen LogP contribution in [0.2, 0.25) is 0 Å². The molecule has 0 aromatic carbocycles. The molecule has 1 fully saturated rings. The van der Waals surface area contributed by atoms with Gasteiger partial charge in [-0.3, -0.25) is 4.79 Å². The van der Waals surface area contributed by atoms with E-state index in [0.717, 1.165) is 32.2 Å². The number of carbonyl (C=O) groups is 1. The highest BCUT2D eigenvalue weighted by Gasteiger charge is 2.42. The van der Waals surface area contributed by atoms with Gasteiger partial charge in [-0.25, -0.2) is 0 Å². The summed E-state index contributed by atoms with van der Waals surface area (Å²) in [6.07, 6.45) is 6.47. The van der Waals surface area contributed by atoms with Crippen molar-refractivity contribution in [1.82, 2.24) is 4.90 Å². The Morgan fingerprint density at radius 1 is 1.35 bits per heavy atom. The van der Waals surface area contributed by atoms with Gasteiger partial charge in [-0.15, -0.1) is 0 Å². The monoisotopic (exact) mass is 240 g/mol. The molecule has 3 nitrogen and oxygen atoms in total. The summed E-state index contributed by atoms with van der Waals surface area (Å²) >= 11 is 0. The highest BCUT2D eigenvalue weighted by Crippen LogP contribution is 2.42. The molecule has 2 N–H and O–H groups in total. The lowest BCUT2D eigenvalue weighted by molar-refractivity contribution is -0.144. The van der Waals surface area contributed by atoms with E-state index >= 15 is 0 Å². The lowest BCUT2D eigenvalue weighted by atomic mass is 9.81. The van der Waals surface area contributed by atoms with Gasteiger partial charge < -0.3 is 10.6 Å². The molecule has 0 spiro atoms. The average molecular weight is 240 g/mol. The fraction of sp³-hybridized carbons (Fsp3) is 0.929. The van der Waals surface area contributed by atoms with Crippen molar-refractivity contribution in [3.8, 4) is 0 Å². The van der Waals surface area contributed by atoms with Crippen LogP contribution in [-0.4, -0.2) is 29.9 Å². The van der Waals surface area contributed by atoms with Gasteiger partial charge in [0.15, 0.2) is 0 Å². The van der Waals surface area contributed by atoms with Crippen molar-refractivity contribution in [2.75, 3.05) is 13.1 Å². The summed E-state index contributed by atoms with van der Waals surface area (Å²) in [6.45, 7) is 7.84. The Hall–Kier alpha value is -0.570. The molecule has 1 saturated carbocycles. The molecule has 17 heavy (non-hydrogen) atoms. The van der Waals surface area contributed by atoms with Gasteiger partial charge in [0.1, 0.15) is 0 Å². The Bertz CT molecular complexity index is 245. The molecule has 100 valence electrons. The largest absolute Gasteiger partial charge is 0.340 e. The zero-order valence-corrected chi connectivity index (χ0v) is 11.7. The van der Waals surface area contributed by atoms with Crippen molar-refractivity contribution >= 4 is 5.91 Å². The SMILES string of the molecule is CCC1(C(=O)N(CCCN)C(C)C)CCCC1. The summed E-state index contributed by atoms with van der Waals surface area (Å²) < 4.78 is 0. The Morgan fingerprint density at radius 2 is 1.94 bits per heavy atom. The van der Waals surface area contributed by atoms with E-state index in [9.17, 15) is 4.79 Å². The summed E-state index contributed by atoms with van der Waals surface area (Å²) in [7, 11) is 0. The topological polar surface area (TPSA) is 46.3 Å². The minimum atomic E-state index is -0.0567. The Labute approximate surface area is 106 Å². The third-order valence-corrected chi connectivity index (χ3v) is 4.18. The number of hydrogen-bond acceptors (Lipinski definition) is 2. The van der Waals surface area contributed by atoms with Crippen LogP contribution in [0.1, 0.15) is 59.3 Å². The van der Waals surface area contributed by atoms with Crippen molar-refractivity contribution in [3.63, 3.8) is 0 Å². The third-order valence-electron chi connectivity index (χ3n) is 4.18. The molecule has 0 unspecified atom stereocenters. The van der Waals surface area contributed by atoms with Crippen LogP contribution in [0.25, 0.3) is 0 Å². The Balaban J connectivity index is 2.75. The molecular weight excluding hydrogens is 212 g/mol. The Morgan fingerprint density at radius 3 is 2.35 bits per heavy atom. The van der Waals surface area contributed by atoms with Crippen molar-refractivity contribution in [2.45, 2.75) is 65.3 Å². The van der Waals surface area contributed by atoms with Crippen LogP contribution in [0.5, 0.6) is 0 Å². The number of amides is 1. The lowest BCUT2D eigenvalue weighted by Crippen LogP contribution is -2.46. The molecule has 0 radical (unpaired) electrons. The zero-order chi connectivity index (χ0) is 12.9. The van der Waals surface area contributed by atoms with Crippen LogP contribution in [0.15, 0.2) is 0 Å². The van der Waals surface area contributed by atoms with Crippen LogP contribution in [0.3, 0.4) is 0 Å². The van der Waals surface area contributed by atoms with Crippen molar-refractivity contribution in [3.05, 3.63) is 0 Å². The number of hydrogen-bond donors (Lipinski definition) is 1. The summed E-state index contributed by atoms with van der Waals surface area (Å²) in [5, 5.41) is 0. The predicted molar refractivity (Wildman–Crippen MR) is 71.7 cm³/mol. The van der Waals surface area contributed by atoms with E-state index in [2.05, 4.69) is 20.8 Å². The van der Waals surface area contributed by atoms with E-state index in [0.29, 0.717) is 12.5 Å². The molecule has 0 saturated heterocycles. The van der Waals surface area contributed by atoms with E-state index in [-0.39, 0.29) is 11.5 Å². The highest BCUT2D eigenvalue weighted by atomic mass is 16.2. The van der Waals surface area contributed by atoms with E-state index in [1.54, 1.807) is 0 Å². The molecule has 0 heterocycles. The van der Waals surface area contributed by atoms with Crippen molar-refractivity contribution < 1.29 is 4.79 Å². The van der Waals surface area contributed by atoms with Crippen LogP contribution in [-0.2, 0) is 4.79 Å². The zero-order valence-electron chi connectivity index (χ0n) is 11.7. The van der Waals surface area contributed by atoms with E-state index < -0.39 is 0 Å². The first-order valence-electron chi connectivity index (χ1n) is 7.08. The van der Waals surface area contributed by atoms with Crippen LogP contribution in [0.4, 0.5) is 0 Å². The summed E-state index contributed by atoms with van der Waals surface area (Å²) in [5.74, 6) is 0.376. The second kappa shape index (κ2) is 6.39. The van der Waals surface area contributed by atoms with Gasteiger partial charge in [0.2, 0.25) is 5.91 Å². The molecule has 1 aliphatic rings. The minimum absolute atomic E-state index is 0.0567. The normalized spacial score (nSPS) is 18.6. The lowest BCUT2D eigenvalue weighted by Gasteiger charge is -2.36. The van der Waals surface area contributed by atoms with Gasteiger partial charge in [0, 0.05) is 18.0 Å². The molecule has 1 amide bonds. The standard InChI is InChI=1S/C14H28N2O/c1-4-14(8-5-6-9-14)13(17)16(12(2)3)11-7-10-15/h12H,4-11,15H2,1-3H3. The van der Waals surface area contributed by atoms with Crippen molar-refractivity contribution in [2.24, 2.45) is 11.1 Å². The number of carbonyl (C=O) groups excluding carboxylic acids is 1. The molecule has 0 aromatic rings. The van der Waals surface area contributed by atoms with Gasteiger partial charge in [-0.1, -0.05) is 19.8 Å². The molecule has 0 atom stereocenters. The third kappa shape index (κ3) is 3.21. The van der Waals surface area contributed by atoms with Crippen LogP contribution < -0.4 is 5.73 Å². The first kappa shape index (κ1) is 14.5. The molecule has 0 aromatic heterocycles. The van der Waals surface area contributed by atoms with E-state index in [1.807, 2.05) is 4.90 Å². The van der Waals surface area contributed by atoms with E-state index in [4.69, 9.17) is 5.73 Å². The number of nitrogens with two attached hydrogens (primary N) is 1. The summed E-state index contributed by atoms with van der Waals surface area (Å²) in [4.78, 5) is 14.8. The van der Waals surface area contributed by atoms with Crippen LogP contribution >= 0.6 is 0 Å². The predicted octanol–water partition coefficient (Wildman–Crippen LogP) is 2.54. The fourth-order valence-corrected chi connectivity index (χ4v) is 2.93. The second-order valence-corrected chi connectivity index (χ2v) is 5.58. The molecule has 1 rings (SSSR count). The first-order valence-corrected chi connectivity index (χ1v) is 7.08. The molecule has 3 heteroatoms. The molecule has 1 aliphatic carbocycles. The van der Waals surface area contributed by atoms with Gasteiger partial charge >= 0.3 is 0 Å². The van der Waals surface area contributed by atoms with E-state index in [1.165, 1.54) is 12.8 Å². The first-order chi connectivity index (χ1) is 8.07. The van der Waals surface area contributed by atoms with Crippen molar-refractivity contribution in [1.29, 1.82) is 0 Å². The quantitative estimate of drug-likeness (QED) is 0.775. The molecule has 0 aliphatic heterocycles. The van der Waals surface area contributed by atoms with Gasteiger partial charge in [0.25, 0.3) is 0 Å². The smallest absolute Gasteiger partial charge is 0.229 e. The van der Waals surface area contributed by atoms with Gasteiger partial charge in [-0.05, 0) is 46.1 Å². The minimum Gasteiger partial charge on any atom is -0.340 e. The fourth-order valence-electron chi connectivity index (χ4n) is 2.93.